The van der Waals surface area contributed by atoms with Crippen molar-refractivity contribution in [1.82, 2.24) is 4.98 Å². The summed E-state index contributed by atoms with van der Waals surface area (Å²) in [6.45, 7) is 0.692. The molecule has 0 fully saturated rings. The topological polar surface area (TPSA) is 45.7 Å². The molecular weight excluding hydrogens is 266 g/mol. The van der Waals surface area contributed by atoms with Crippen LogP contribution in [0.15, 0.2) is 42.6 Å². The van der Waals surface area contributed by atoms with Crippen LogP contribution >= 0.6 is 0 Å². The highest BCUT2D eigenvalue weighted by molar-refractivity contribution is 6.04. The lowest BCUT2D eigenvalue weighted by molar-refractivity contribution is 0.252. The van der Waals surface area contributed by atoms with Crippen LogP contribution in [-0.4, -0.2) is 31.7 Å². The first-order valence-corrected chi connectivity index (χ1v) is 6.84. The molecule has 5 heteroatoms. The molecule has 3 rings (SSSR count). The van der Waals surface area contributed by atoms with Crippen molar-refractivity contribution in [2.24, 2.45) is 0 Å². The van der Waals surface area contributed by atoms with Crippen molar-refractivity contribution < 1.29 is 9.53 Å². The molecule has 108 valence electrons. The molecule has 1 aliphatic rings. The minimum atomic E-state index is -0.100. The number of aromatic nitrogens is 1. The third-order valence-corrected chi connectivity index (χ3v) is 3.69. The summed E-state index contributed by atoms with van der Waals surface area (Å²) in [5.41, 5.74) is 2.18. The Kier molecular flexibility index (Phi) is 3.48. The number of pyridine rings is 1. The molecule has 0 bridgehead atoms. The Balaban J connectivity index is 1.89. The number of urea groups is 1. The first-order chi connectivity index (χ1) is 10.2. The van der Waals surface area contributed by atoms with Crippen LogP contribution in [0.1, 0.15) is 5.56 Å². The first kappa shape index (κ1) is 13.4. The molecule has 2 heterocycles. The number of hydrogen-bond acceptors (Lipinski definition) is 3. The molecule has 0 N–H and O–H groups in total. The van der Waals surface area contributed by atoms with Gasteiger partial charge in [0.2, 0.25) is 0 Å². The summed E-state index contributed by atoms with van der Waals surface area (Å²) in [4.78, 5) is 20.3. The van der Waals surface area contributed by atoms with E-state index in [0.29, 0.717) is 18.1 Å². The van der Waals surface area contributed by atoms with Gasteiger partial charge in [-0.2, -0.15) is 0 Å². The molecule has 21 heavy (non-hydrogen) atoms. The maximum Gasteiger partial charge on any atom is 0.329 e. The number of ether oxygens (including phenoxy) is 1. The van der Waals surface area contributed by atoms with Gasteiger partial charge in [0, 0.05) is 25.5 Å². The van der Waals surface area contributed by atoms with Crippen molar-refractivity contribution in [3.8, 4) is 5.75 Å². The average molecular weight is 283 g/mol. The van der Waals surface area contributed by atoms with Crippen LogP contribution in [0.5, 0.6) is 5.75 Å². The normalized spacial score (nSPS) is 13.0. The number of methoxy groups -OCH3 is 1. The minimum Gasteiger partial charge on any atom is -0.493 e. The molecule has 0 radical (unpaired) electrons. The standard InChI is InChI=1S/C16H17N3O2/c1-18(15-14(21-2)8-5-10-17-15)16(20)19-11-9-12-6-3-4-7-13(12)19/h3-8,10H,9,11H2,1-2H3. The second kappa shape index (κ2) is 5.44. The third-order valence-electron chi connectivity index (χ3n) is 3.69. The SMILES string of the molecule is COc1cccnc1N(C)C(=O)N1CCc2ccccc21. The smallest absolute Gasteiger partial charge is 0.329 e. The van der Waals surface area contributed by atoms with Crippen LogP contribution in [0.25, 0.3) is 0 Å². The maximum atomic E-state index is 12.7. The Morgan fingerprint density at radius 3 is 2.90 bits per heavy atom. The molecule has 0 saturated heterocycles. The Morgan fingerprint density at radius 2 is 2.10 bits per heavy atom. The Labute approximate surface area is 123 Å². The van der Waals surface area contributed by atoms with E-state index in [4.69, 9.17) is 4.74 Å². The molecule has 0 spiro atoms. The summed E-state index contributed by atoms with van der Waals surface area (Å²) in [5.74, 6) is 1.11. The fraction of sp³-hybridized carbons (Fsp3) is 0.250. The minimum absolute atomic E-state index is 0.100. The predicted molar refractivity (Wildman–Crippen MR) is 82.1 cm³/mol. The monoisotopic (exact) mass is 283 g/mol. The molecule has 0 unspecified atom stereocenters. The van der Waals surface area contributed by atoms with Crippen molar-refractivity contribution in [2.75, 3.05) is 30.5 Å². The van der Waals surface area contributed by atoms with Gasteiger partial charge in [0.05, 0.1) is 7.11 Å². The van der Waals surface area contributed by atoms with E-state index >= 15 is 0 Å². The second-order valence-corrected chi connectivity index (χ2v) is 4.90. The highest BCUT2D eigenvalue weighted by atomic mass is 16.5. The largest absolute Gasteiger partial charge is 0.493 e. The molecule has 1 aromatic heterocycles. The Morgan fingerprint density at radius 1 is 1.29 bits per heavy atom. The number of nitrogens with zero attached hydrogens (tertiary/aromatic N) is 3. The lowest BCUT2D eigenvalue weighted by Gasteiger charge is -2.25. The van der Waals surface area contributed by atoms with E-state index in [2.05, 4.69) is 11.1 Å². The third kappa shape index (κ3) is 2.31. The zero-order chi connectivity index (χ0) is 14.8. The van der Waals surface area contributed by atoms with Crippen molar-refractivity contribution in [3.63, 3.8) is 0 Å². The van der Waals surface area contributed by atoms with Crippen molar-refractivity contribution >= 4 is 17.5 Å². The van der Waals surface area contributed by atoms with Crippen LogP contribution < -0.4 is 14.5 Å². The summed E-state index contributed by atoms with van der Waals surface area (Å²) in [5, 5.41) is 0. The van der Waals surface area contributed by atoms with Gasteiger partial charge in [-0.05, 0) is 30.2 Å². The predicted octanol–water partition coefficient (Wildman–Crippen LogP) is 2.71. The zero-order valence-electron chi connectivity index (χ0n) is 12.1. The van der Waals surface area contributed by atoms with Crippen LogP contribution in [0.3, 0.4) is 0 Å². The maximum absolute atomic E-state index is 12.7. The molecule has 2 aromatic rings. The Bertz CT molecular complexity index is 672. The van der Waals surface area contributed by atoms with E-state index in [-0.39, 0.29) is 6.03 Å². The summed E-state index contributed by atoms with van der Waals surface area (Å²) in [6.07, 6.45) is 2.54. The van der Waals surface area contributed by atoms with E-state index in [1.807, 2.05) is 18.2 Å². The van der Waals surface area contributed by atoms with Crippen molar-refractivity contribution in [1.29, 1.82) is 0 Å². The molecule has 0 saturated carbocycles. The number of rotatable bonds is 2. The quantitative estimate of drug-likeness (QED) is 0.851. The zero-order valence-corrected chi connectivity index (χ0v) is 12.1. The highest BCUT2D eigenvalue weighted by Crippen LogP contribution is 2.30. The van der Waals surface area contributed by atoms with E-state index in [9.17, 15) is 4.79 Å². The molecule has 0 aliphatic carbocycles. The van der Waals surface area contributed by atoms with Gasteiger partial charge in [0.15, 0.2) is 11.6 Å². The fourth-order valence-electron chi connectivity index (χ4n) is 2.60. The average Bonchev–Trinajstić information content (AvgIpc) is 2.97. The number of fused-ring (bicyclic) bond motifs is 1. The van der Waals surface area contributed by atoms with Gasteiger partial charge < -0.3 is 4.74 Å². The van der Waals surface area contributed by atoms with Gasteiger partial charge in [-0.25, -0.2) is 9.78 Å². The molecular formula is C16H17N3O2. The number of carbonyl (C=O) groups is 1. The number of anilines is 2. The van der Waals surface area contributed by atoms with Crippen LogP contribution in [-0.2, 0) is 6.42 Å². The lowest BCUT2D eigenvalue weighted by atomic mass is 10.2. The molecule has 5 nitrogen and oxygen atoms in total. The number of carbonyl (C=O) groups excluding carboxylic acids is 1. The molecule has 2 amide bonds. The first-order valence-electron chi connectivity index (χ1n) is 6.84. The van der Waals surface area contributed by atoms with E-state index < -0.39 is 0 Å². The van der Waals surface area contributed by atoms with Crippen LogP contribution in [0.4, 0.5) is 16.3 Å². The number of benzene rings is 1. The van der Waals surface area contributed by atoms with Crippen molar-refractivity contribution in [3.05, 3.63) is 48.2 Å². The van der Waals surface area contributed by atoms with Gasteiger partial charge in [0.25, 0.3) is 0 Å². The fourth-order valence-corrected chi connectivity index (χ4v) is 2.60. The van der Waals surface area contributed by atoms with E-state index in [0.717, 1.165) is 12.1 Å². The van der Waals surface area contributed by atoms with Crippen LogP contribution in [0.2, 0.25) is 0 Å². The van der Waals surface area contributed by atoms with Gasteiger partial charge in [-0.1, -0.05) is 18.2 Å². The van der Waals surface area contributed by atoms with Gasteiger partial charge in [-0.15, -0.1) is 0 Å². The summed E-state index contributed by atoms with van der Waals surface area (Å²) >= 11 is 0. The van der Waals surface area contributed by atoms with E-state index in [1.54, 1.807) is 37.4 Å². The molecule has 1 aromatic carbocycles. The molecule has 0 atom stereocenters. The van der Waals surface area contributed by atoms with Gasteiger partial charge >= 0.3 is 6.03 Å². The van der Waals surface area contributed by atoms with Gasteiger partial charge in [-0.3, -0.25) is 9.80 Å². The van der Waals surface area contributed by atoms with Crippen molar-refractivity contribution in [2.45, 2.75) is 6.42 Å². The van der Waals surface area contributed by atoms with E-state index in [1.165, 1.54) is 10.5 Å². The lowest BCUT2D eigenvalue weighted by Crippen LogP contribution is -2.41. The van der Waals surface area contributed by atoms with Crippen LogP contribution in [0, 0.1) is 0 Å². The second-order valence-electron chi connectivity index (χ2n) is 4.90. The number of amides is 2. The Hall–Kier alpha value is -2.56. The van der Waals surface area contributed by atoms with Gasteiger partial charge in [0.1, 0.15) is 0 Å². The summed E-state index contributed by atoms with van der Waals surface area (Å²) in [6, 6.07) is 11.5. The molecule has 1 aliphatic heterocycles. The summed E-state index contributed by atoms with van der Waals surface area (Å²) in [7, 11) is 3.29. The number of para-hydroxylation sites is 1. The number of hydrogen-bond donors (Lipinski definition) is 0. The highest BCUT2D eigenvalue weighted by Gasteiger charge is 2.28. The summed E-state index contributed by atoms with van der Waals surface area (Å²) < 4.78 is 5.27.